The molecule has 0 aliphatic heterocycles. The lowest BCUT2D eigenvalue weighted by Gasteiger charge is -2.17. The summed E-state index contributed by atoms with van der Waals surface area (Å²) in [4.78, 5) is 17.8. The van der Waals surface area contributed by atoms with Gasteiger partial charge in [0.05, 0.1) is 18.3 Å². The van der Waals surface area contributed by atoms with Crippen molar-refractivity contribution in [2.75, 3.05) is 17.7 Å². The average molecular weight is 255 g/mol. The molecule has 1 aromatic carbocycles. The molecule has 1 aromatic heterocycles. The first kappa shape index (κ1) is 13.1. The predicted molar refractivity (Wildman–Crippen MR) is 76.9 cm³/mol. The van der Waals surface area contributed by atoms with Crippen molar-refractivity contribution in [3.8, 4) is 0 Å². The van der Waals surface area contributed by atoms with E-state index in [9.17, 15) is 4.79 Å². The zero-order valence-electron chi connectivity index (χ0n) is 11.1. The Morgan fingerprint density at radius 1 is 1.32 bits per heavy atom. The predicted octanol–water partition coefficient (Wildman–Crippen LogP) is 2.18. The SMILES string of the molecule is Cc1cccc(CC(=O)N(C)c2ccc(N)nc2)c1. The molecule has 4 nitrogen and oxygen atoms in total. The van der Waals surface area contributed by atoms with Crippen LogP contribution in [0.25, 0.3) is 0 Å². The molecule has 0 aliphatic carbocycles. The van der Waals surface area contributed by atoms with Crippen molar-refractivity contribution in [1.82, 2.24) is 4.98 Å². The van der Waals surface area contributed by atoms with Gasteiger partial charge in [-0.1, -0.05) is 29.8 Å². The number of carbonyl (C=O) groups is 1. The second-order valence-corrected chi connectivity index (χ2v) is 4.56. The summed E-state index contributed by atoms with van der Waals surface area (Å²) in [5.41, 5.74) is 8.44. The van der Waals surface area contributed by atoms with Gasteiger partial charge in [-0.3, -0.25) is 4.79 Å². The zero-order chi connectivity index (χ0) is 13.8. The second kappa shape index (κ2) is 5.52. The fraction of sp³-hybridized carbons (Fsp3) is 0.200. The Hall–Kier alpha value is -2.36. The van der Waals surface area contributed by atoms with E-state index in [0.717, 1.165) is 16.8 Å². The quantitative estimate of drug-likeness (QED) is 0.914. The molecule has 0 fully saturated rings. The summed E-state index contributed by atoms with van der Waals surface area (Å²) in [7, 11) is 1.74. The lowest BCUT2D eigenvalue weighted by atomic mass is 10.1. The van der Waals surface area contributed by atoms with Gasteiger partial charge in [-0.25, -0.2) is 4.98 Å². The van der Waals surface area contributed by atoms with Crippen LogP contribution in [0.3, 0.4) is 0 Å². The van der Waals surface area contributed by atoms with E-state index in [4.69, 9.17) is 5.73 Å². The van der Waals surface area contributed by atoms with Crippen LogP contribution in [-0.4, -0.2) is 17.9 Å². The molecule has 0 unspecified atom stereocenters. The van der Waals surface area contributed by atoms with Crippen LogP contribution in [0.2, 0.25) is 0 Å². The number of anilines is 2. The van der Waals surface area contributed by atoms with Gasteiger partial charge in [0, 0.05) is 7.05 Å². The van der Waals surface area contributed by atoms with Gasteiger partial charge >= 0.3 is 0 Å². The van der Waals surface area contributed by atoms with Crippen LogP contribution >= 0.6 is 0 Å². The second-order valence-electron chi connectivity index (χ2n) is 4.56. The molecule has 2 rings (SSSR count). The van der Waals surface area contributed by atoms with E-state index in [-0.39, 0.29) is 5.91 Å². The number of rotatable bonds is 3. The average Bonchev–Trinajstić information content (AvgIpc) is 2.39. The maximum atomic E-state index is 12.2. The molecule has 0 saturated carbocycles. The van der Waals surface area contributed by atoms with Crippen molar-refractivity contribution in [3.63, 3.8) is 0 Å². The zero-order valence-corrected chi connectivity index (χ0v) is 11.1. The van der Waals surface area contributed by atoms with E-state index >= 15 is 0 Å². The molecule has 2 N–H and O–H groups in total. The first-order chi connectivity index (χ1) is 9.06. The summed E-state index contributed by atoms with van der Waals surface area (Å²) < 4.78 is 0. The number of nitrogen functional groups attached to an aromatic ring is 1. The van der Waals surface area contributed by atoms with Gasteiger partial charge in [0.25, 0.3) is 0 Å². The molecule has 0 atom stereocenters. The molecule has 2 aromatic rings. The number of pyridine rings is 1. The molecule has 98 valence electrons. The smallest absolute Gasteiger partial charge is 0.231 e. The Kier molecular flexibility index (Phi) is 3.80. The van der Waals surface area contributed by atoms with E-state index in [2.05, 4.69) is 4.98 Å². The topological polar surface area (TPSA) is 59.2 Å². The van der Waals surface area contributed by atoms with Crippen LogP contribution in [-0.2, 0) is 11.2 Å². The van der Waals surface area contributed by atoms with E-state index in [1.165, 1.54) is 0 Å². The van der Waals surface area contributed by atoms with Crippen molar-refractivity contribution >= 4 is 17.4 Å². The lowest BCUT2D eigenvalue weighted by Crippen LogP contribution is -2.27. The van der Waals surface area contributed by atoms with Crippen molar-refractivity contribution in [3.05, 3.63) is 53.7 Å². The summed E-state index contributed by atoms with van der Waals surface area (Å²) in [5, 5.41) is 0. The molecule has 4 heteroatoms. The Bertz CT molecular complexity index is 578. The Balaban J connectivity index is 2.09. The number of likely N-dealkylation sites (N-methyl/N-ethyl adjacent to an activating group) is 1. The number of hydrogen-bond donors (Lipinski definition) is 1. The highest BCUT2D eigenvalue weighted by Crippen LogP contribution is 2.14. The third-order valence-corrected chi connectivity index (χ3v) is 2.97. The number of hydrogen-bond acceptors (Lipinski definition) is 3. The van der Waals surface area contributed by atoms with E-state index in [1.54, 1.807) is 30.3 Å². The summed E-state index contributed by atoms with van der Waals surface area (Å²) in [6, 6.07) is 11.4. The Morgan fingerprint density at radius 3 is 2.74 bits per heavy atom. The van der Waals surface area contributed by atoms with Gasteiger partial charge in [-0.2, -0.15) is 0 Å². The fourth-order valence-electron chi connectivity index (χ4n) is 1.86. The van der Waals surface area contributed by atoms with Crippen molar-refractivity contribution < 1.29 is 4.79 Å². The van der Waals surface area contributed by atoms with Crippen molar-refractivity contribution in [2.24, 2.45) is 0 Å². The van der Waals surface area contributed by atoms with E-state index in [1.807, 2.05) is 31.2 Å². The number of nitrogens with zero attached hydrogens (tertiary/aromatic N) is 2. The van der Waals surface area contributed by atoms with Gasteiger partial charge < -0.3 is 10.6 Å². The highest BCUT2D eigenvalue weighted by Gasteiger charge is 2.11. The summed E-state index contributed by atoms with van der Waals surface area (Å²) in [5.74, 6) is 0.473. The largest absolute Gasteiger partial charge is 0.384 e. The number of amides is 1. The minimum atomic E-state index is 0.0252. The third-order valence-electron chi connectivity index (χ3n) is 2.97. The van der Waals surface area contributed by atoms with Crippen molar-refractivity contribution in [1.29, 1.82) is 0 Å². The van der Waals surface area contributed by atoms with Gasteiger partial charge in [-0.05, 0) is 24.6 Å². The maximum Gasteiger partial charge on any atom is 0.231 e. The molecule has 0 bridgehead atoms. The number of benzene rings is 1. The lowest BCUT2D eigenvalue weighted by molar-refractivity contribution is -0.117. The fourth-order valence-corrected chi connectivity index (χ4v) is 1.86. The standard InChI is InChI=1S/C15H17N3O/c1-11-4-3-5-12(8-11)9-15(19)18(2)13-6-7-14(16)17-10-13/h3-8,10H,9H2,1-2H3,(H2,16,17). The number of aromatic nitrogens is 1. The van der Waals surface area contributed by atoms with Crippen LogP contribution in [0.1, 0.15) is 11.1 Å². The van der Waals surface area contributed by atoms with Gasteiger partial charge in [0.2, 0.25) is 5.91 Å². The van der Waals surface area contributed by atoms with Crippen LogP contribution in [0.5, 0.6) is 0 Å². The van der Waals surface area contributed by atoms with Gasteiger partial charge in [0.15, 0.2) is 0 Å². The summed E-state index contributed by atoms with van der Waals surface area (Å²) in [6.45, 7) is 2.02. The number of nitrogens with two attached hydrogens (primary N) is 1. The molecular weight excluding hydrogens is 238 g/mol. The monoisotopic (exact) mass is 255 g/mol. The highest BCUT2D eigenvalue weighted by atomic mass is 16.2. The van der Waals surface area contributed by atoms with E-state index in [0.29, 0.717) is 12.2 Å². The number of carbonyl (C=O) groups excluding carboxylic acids is 1. The maximum absolute atomic E-state index is 12.2. The van der Waals surface area contributed by atoms with Crippen LogP contribution in [0, 0.1) is 6.92 Å². The van der Waals surface area contributed by atoms with Crippen molar-refractivity contribution in [2.45, 2.75) is 13.3 Å². The van der Waals surface area contributed by atoms with E-state index < -0.39 is 0 Å². The molecule has 0 aliphatic rings. The van der Waals surface area contributed by atoms with Crippen LogP contribution in [0.4, 0.5) is 11.5 Å². The third kappa shape index (κ3) is 3.31. The Labute approximate surface area is 112 Å². The summed E-state index contributed by atoms with van der Waals surface area (Å²) >= 11 is 0. The summed E-state index contributed by atoms with van der Waals surface area (Å²) in [6.07, 6.45) is 1.98. The molecule has 19 heavy (non-hydrogen) atoms. The number of aryl methyl sites for hydroxylation is 1. The Morgan fingerprint density at radius 2 is 2.11 bits per heavy atom. The van der Waals surface area contributed by atoms with Crippen LogP contribution in [0.15, 0.2) is 42.6 Å². The van der Waals surface area contributed by atoms with Gasteiger partial charge in [-0.15, -0.1) is 0 Å². The normalized spacial score (nSPS) is 10.2. The molecule has 1 amide bonds. The molecular formula is C15H17N3O. The molecule has 1 heterocycles. The first-order valence-electron chi connectivity index (χ1n) is 6.10. The minimum absolute atomic E-state index is 0.0252. The highest BCUT2D eigenvalue weighted by molar-refractivity contribution is 5.94. The van der Waals surface area contributed by atoms with Crippen LogP contribution < -0.4 is 10.6 Å². The van der Waals surface area contributed by atoms with Gasteiger partial charge in [0.1, 0.15) is 5.82 Å². The minimum Gasteiger partial charge on any atom is -0.384 e. The molecule has 0 radical (unpaired) electrons. The molecule has 0 saturated heterocycles. The first-order valence-corrected chi connectivity index (χ1v) is 6.10. The molecule has 0 spiro atoms.